The van der Waals surface area contributed by atoms with Gasteiger partial charge in [-0.3, -0.25) is 0 Å². The Bertz CT molecular complexity index is 463. The minimum Gasteiger partial charge on any atom is -0.310 e. The van der Waals surface area contributed by atoms with Crippen LogP contribution in [0.3, 0.4) is 0 Å². The molecule has 0 saturated heterocycles. The highest BCUT2D eigenvalue weighted by Gasteiger charge is 2.31. The number of benzene rings is 1. The van der Waals surface area contributed by atoms with Crippen molar-refractivity contribution < 1.29 is 0 Å². The van der Waals surface area contributed by atoms with Gasteiger partial charge in [0, 0.05) is 6.04 Å². The van der Waals surface area contributed by atoms with Crippen molar-refractivity contribution in [3.63, 3.8) is 0 Å². The van der Waals surface area contributed by atoms with Gasteiger partial charge in [0.15, 0.2) is 0 Å². The first-order valence-corrected chi connectivity index (χ1v) is 8.87. The molecule has 1 saturated carbocycles. The molecule has 2 rings (SSSR count). The number of aryl methyl sites for hydroxylation is 3. The van der Waals surface area contributed by atoms with Crippen LogP contribution in [0.4, 0.5) is 0 Å². The molecule has 0 amide bonds. The van der Waals surface area contributed by atoms with Crippen LogP contribution in [0.1, 0.15) is 74.2 Å². The van der Waals surface area contributed by atoms with Gasteiger partial charge in [-0.15, -0.1) is 0 Å². The van der Waals surface area contributed by atoms with Gasteiger partial charge in [0.05, 0.1) is 0 Å². The number of nitrogens with one attached hydrogen (secondary N) is 1. The Morgan fingerprint density at radius 3 is 2.38 bits per heavy atom. The van der Waals surface area contributed by atoms with Gasteiger partial charge in [0.25, 0.3) is 0 Å². The summed E-state index contributed by atoms with van der Waals surface area (Å²) in [7, 11) is 0. The van der Waals surface area contributed by atoms with E-state index in [1.54, 1.807) is 5.56 Å². The molecule has 1 aromatic carbocycles. The molecule has 1 aliphatic carbocycles. The zero-order valence-corrected chi connectivity index (χ0v) is 14.6. The fourth-order valence-electron chi connectivity index (χ4n) is 3.94. The fourth-order valence-corrected chi connectivity index (χ4v) is 3.94. The van der Waals surface area contributed by atoms with Crippen molar-refractivity contribution in [2.24, 2.45) is 11.8 Å². The number of hydrogen-bond acceptors (Lipinski definition) is 1. The van der Waals surface area contributed by atoms with Crippen LogP contribution in [-0.4, -0.2) is 6.54 Å². The van der Waals surface area contributed by atoms with Crippen molar-refractivity contribution in [1.82, 2.24) is 5.32 Å². The minimum absolute atomic E-state index is 0.556. The molecule has 3 atom stereocenters. The summed E-state index contributed by atoms with van der Waals surface area (Å²) in [6, 6.07) is 5.37. The van der Waals surface area contributed by atoms with Crippen LogP contribution >= 0.6 is 0 Å². The lowest BCUT2D eigenvalue weighted by atomic mass is 9.86. The van der Waals surface area contributed by atoms with Gasteiger partial charge in [-0.1, -0.05) is 38.8 Å². The topological polar surface area (TPSA) is 12.0 Å². The first-order valence-electron chi connectivity index (χ1n) is 8.87. The molecule has 0 heterocycles. The largest absolute Gasteiger partial charge is 0.310 e. The van der Waals surface area contributed by atoms with Gasteiger partial charge in [0.2, 0.25) is 0 Å². The highest BCUT2D eigenvalue weighted by molar-refractivity contribution is 5.38. The summed E-state index contributed by atoms with van der Waals surface area (Å²) < 4.78 is 0. The summed E-state index contributed by atoms with van der Waals surface area (Å²) in [5.41, 5.74) is 5.87. The molecule has 3 unspecified atom stereocenters. The van der Waals surface area contributed by atoms with Crippen LogP contribution in [0, 0.1) is 32.6 Å². The summed E-state index contributed by atoms with van der Waals surface area (Å²) in [4.78, 5) is 0. The van der Waals surface area contributed by atoms with Crippen LogP contribution < -0.4 is 5.32 Å². The van der Waals surface area contributed by atoms with E-state index < -0.39 is 0 Å². The van der Waals surface area contributed by atoms with E-state index in [-0.39, 0.29) is 0 Å². The highest BCUT2D eigenvalue weighted by atomic mass is 14.9. The zero-order valence-electron chi connectivity index (χ0n) is 14.6. The van der Waals surface area contributed by atoms with Crippen LogP contribution in [0.5, 0.6) is 0 Å². The molecule has 1 aliphatic rings. The fraction of sp³-hybridized carbons (Fsp3) is 0.700. The van der Waals surface area contributed by atoms with E-state index in [1.807, 2.05) is 0 Å². The van der Waals surface area contributed by atoms with E-state index in [0.717, 1.165) is 18.4 Å². The smallest absolute Gasteiger partial charge is 0.0351 e. The summed E-state index contributed by atoms with van der Waals surface area (Å²) in [5, 5.41) is 3.86. The average Bonchev–Trinajstić information content (AvgIpc) is 2.93. The molecule has 1 fully saturated rings. The maximum atomic E-state index is 3.86. The molecule has 0 radical (unpaired) electrons. The minimum atomic E-state index is 0.556. The molecular weight excluding hydrogens is 254 g/mol. The quantitative estimate of drug-likeness (QED) is 0.730. The van der Waals surface area contributed by atoms with Gasteiger partial charge < -0.3 is 5.32 Å². The van der Waals surface area contributed by atoms with Crippen LogP contribution in [0.2, 0.25) is 0 Å². The lowest BCUT2D eigenvalue weighted by Gasteiger charge is -2.28. The van der Waals surface area contributed by atoms with E-state index in [9.17, 15) is 0 Å². The molecule has 0 aromatic heterocycles. The Morgan fingerprint density at radius 2 is 1.76 bits per heavy atom. The van der Waals surface area contributed by atoms with Crippen molar-refractivity contribution in [2.75, 3.05) is 6.54 Å². The van der Waals surface area contributed by atoms with Crippen molar-refractivity contribution in [2.45, 2.75) is 72.8 Å². The summed E-state index contributed by atoms with van der Waals surface area (Å²) in [6.45, 7) is 12.5. The summed E-state index contributed by atoms with van der Waals surface area (Å²) >= 11 is 0. The van der Waals surface area contributed by atoms with Gasteiger partial charge >= 0.3 is 0 Å². The molecule has 0 spiro atoms. The molecule has 118 valence electrons. The second-order valence-corrected chi connectivity index (χ2v) is 7.07. The number of hydrogen-bond donors (Lipinski definition) is 1. The zero-order chi connectivity index (χ0) is 15.4. The van der Waals surface area contributed by atoms with E-state index in [1.165, 1.54) is 48.8 Å². The molecule has 1 N–H and O–H groups in total. The van der Waals surface area contributed by atoms with Gasteiger partial charge in [-0.05, 0) is 80.7 Å². The molecule has 0 aliphatic heterocycles. The lowest BCUT2D eigenvalue weighted by Crippen LogP contribution is -2.29. The SMILES string of the molecule is CCCNC(c1cc(C)c(C)cc1C)C1CCC(CC)C1. The van der Waals surface area contributed by atoms with Crippen molar-refractivity contribution in [1.29, 1.82) is 0 Å². The second-order valence-electron chi connectivity index (χ2n) is 7.07. The predicted molar refractivity (Wildman–Crippen MR) is 92.8 cm³/mol. The first kappa shape index (κ1) is 16.5. The Labute approximate surface area is 131 Å². The van der Waals surface area contributed by atoms with Crippen LogP contribution in [0.15, 0.2) is 12.1 Å². The maximum Gasteiger partial charge on any atom is 0.0351 e. The Hall–Kier alpha value is -0.820. The Balaban J connectivity index is 2.25. The van der Waals surface area contributed by atoms with Gasteiger partial charge in [-0.2, -0.15) is 0 Å². The maximum absolute atomic E-state index is 3.86. The van der Waals surface area contributed by atoms with E-state index >= 15 is 0 Å². The lowest BCUT2D eigenvalue weighted by molar-refractivity contribution is 0.353. The third-order valence-electron chi connectivity index (χ3n) is 5.46. The molecule has 0 bridgehead atoms. The van der Waals surface area contributed by atoms with E-state index in [2.05, 4.69) is 52.1 Å². The normalized spacial score (nSPS) is 23.5. The van der Waals surface area contributed by atoms with Crippen molar-refractivity contribution in [3.05, 3.63) is 34.4 Å². The third-order valence-corrected chi connectivity index (χ3v) is 5.46. The average molecular weight is 287 g/mol. The van der Waals surface area contributed by atoms with Crippen LogP contribution in [0.25, 0.3) is 0 Å². The predicted octanol–water partition coefficient (Wildman–Crippen LogP) is 5.48. The molecule has 1 heteroatoms. The number of rotatable bonds is 6. The van der Waals surface area contributed by atoms with Crippen molar-refractivity contribution >= 4 is 0 Å². The Morgan fingerprint density at radius 1 is 1.05 bits per heavy atom. The molecule has 21 heavy (non-hydrogen) atoms. The summed E-state index contributed by atoms with van der Waals surface area (Å²) in [5.74, 6) is 1.77. The molecule has 1 nitrogen and oxygen atoms in total. The second kappa shape index (κ2) is 7.45. The van der Waals surface area contributed by atoms with Crippen molar-refractivity contribution in [3.8, 4) is 0 Å². The molecule has 1 aromatic rings. The monoisotopic (exact) mass is 287 g/mol. The summed E-state index contributed by atoms with van der Waals surface area (Å²) in [6.07, 6.45) is 6.79. The van der Waals surface area contributed by atoms with E-state index in [0.29, 0.717) is 6.04 Å². The first-order chi connectivity index (χ1) is 10.1. The highest BCUT2D eigenvalue weighted by Crippen LogP contribution is 2.41. The molecular formula is C20H33N. The van der Waals surface area contributed by atoms with E-state index in [4.69, 9.17) is 0 Å². The van der Waals surface area contributed by atoms with Gasteiger partial charge in [-0.25, -0.2) is 0 Å². The van der Waals surface area contributed by atoms with Gasteiger partial charge in [0.1, 0.15) is 0 Å². The Kier molecular flexibility index (Phi) is 5.87. The van der Waals surface area contributed by atoms with Crippen LogP contribution in [-0.2, 0) is 0 Å². The third kappa shape index (κ3) is 3.88. The standard InChI is InChI=1S/C20H33N/c1-6-10-21-20(18-9-8-17(7-2)13-18)19-12-15(4)14(3)11-16(19)5/h11-12,17-18,20-21H,6-10,13H2,1-5H3.